The summed E-state index contributed by atoms with van der Waals surface area (Å²) < 4.78 is 47.2. The molecule has 8 nitrogen and oxygen atoms in total. The summed E-state index contributed by atoms with van der Waals surface area (Å²) in [6.45, 7) is 2.94. The van der Waals surface area contributed by atoms with Gasteiger partial charge in [-0.3, -0.25) is 9.82 Å². The number of halogens is 1. The molecule has 4 N–H and O–H groups in total. The van der Waals surface area contributed by atoms with Crippen LogP contribution in [0.15, 0.2) is 71.6 Å². The lowest BCUT2D eigenvalue weighted by Crippen LogP contribution is -2.26. The number of benzene rings is 3. The Kier molecular flexibility index (Phi) is 7.11. The van der Waals surface area contributed by atoms with Crippen molar-refractivity contribution in [1.29, 1.82) is 0 Å². The number of nitrogens with one attached hydrogen (secondary N) is 3. The van der Waals surface area contributed by atoms with Crippen LogP contribution < -0.4 is 14.8 Å². The Morgan fingerprint density at radius 2 is 1.91 bits per heavy atom. The minimum absolute atomic E-state index is 0.0174. The zero-order valence-corrected chi connectivity index (χ0v) is 19.3. The largest absolute Gasteiger partial charge is 0.492 e. The quantitative estimate of drug-likeness (QED) is 0.256. The summed E-state index contributed by atoms with van der Waals surface area (Å²) in [5, 5.41) is 21.7. The van der Waals surface area contributed by atoms with Gasteiger partial charge in [0, 0.05) is 24.5 Å². The number of ether oxygens (including phenoxy) is 1. The lowest BCUT2D eigenvalue weighted by molar-refractivity contribution is 0.172. The second-order valence-corrected chi connectivity index (χ2v) is 9.43. The standard InChI is InChI=1S/C24H25FN4O4S/c1-16-20-9-8-18(14-22(20)28-27-16)33-12-11-26-15-24(30)17-7-10-21(25)23(13-17)29-34(31,32)19-5-3-2-4-6-19/h2-10,13-14,24,26,29-30H,11-12,15H2,1H3,(H,27,28). The summed E-state index contributed by atoms with van der Waals surface area (Å²) in [4.78, 5) is 0.0174. The van der Waals surface area contributed by atoms with E-state index in [1.165, 1.54) is 24.3 Å². The zero-order chi connectivity index (χ0) is 24.1. The number of aromatic amines is 1. The lowest BCUT2D eigenvalue weighted by Gasteiger charge is -2.15. The summed E-state index contributed by atoms with van der Waals surface area (Å²) in [5.74, 6) is -0.0337. The van der Waals surface area contributed by atoms with Gasteiger partial charge in [-0.25, -0.2) is 12.8 Å². The Labute approximate surface area is 196 Å². The van der Waals surface area contributed by atoms with E-state index in [4.69, 9.17) is 4.74 Å². The van der Waals surface area contributed by atoms with Gasteiger partial charge in [0.1, 0.15) is 18.2 Å². The van der Waals surface area contributed by atoms with Crippen molar-refractivity contribution < 1.29 is 22.7 Å². The first-order valence-corrected chi connectivity index (χ1v) is 12.2. The van der Waals surface area contributed by atoms with E-state index in [0.717, 1.165) is 22.7 Å². The lowest BCUT2D eigenvalue weighted by atomic mass is 10.1. The molecule has 0 spiro atoms. The highest BCUT2D eigenvalue weighted by atomic mass is 32.2. The van der Waals surface area contributed by atoms with Crippen LogP contribution in [0.2, 0.25) is 0 Å². The van der Waals surface area contributed by atoms with Gasteiger partial charge >= 0.3 is 0 Å². The number of aromatic nitrogens is 2. The summed E-state index contributed by atoms with van der Waals surface area (Å²) in [7, 11) is -3.95. The molecule has 0 fully saturated rings. The van der Waals surface area contributed by atoms with Crippen molar-refractivity contribution in [2.45, 2.75) is 17.9 Å². The van der Waals surface area contributed by atoms with E-state index in [9.17, 15) is 17.9 Å². The fourth-order valence-corrected chi connectivity index (χ4v) is 4.53. The van der Waals surface area contributed by atoms with Crippen LogP contribution >= 0.6 is 0 Å². The van der Waals surface area contributed by atoms with Crippen LogP contribution in [0.25, 0.3) is 10.9 Å². The highest BCUT2D eigenvalue weighted by Crippen LogP contribution is 2.24. The Hall–Kier alpha value is -3.47. The molecular weight excluding hydrogens is 459 g/mol. The predicted molar refractivity (Wildman–Crippen MR) is 128 cm³/mol. The van der Waals surface area contributed by atoms with Crippen molar-refractivity contribution in [3.63, 3.8) is 0 Å². The fourth-order valence-electron chi connectivity index (χ4n) is 3.45. The van der Waals surface area contributed by atoms with Gasteiger partial charge in [-0.1, -0.05) is 24.3 Å². The Balaban J connectivity index is 1.30. The SMILES string of the molecule is Cc1n[nH]c2cc(OCCNCC(O)c3ccc(F)c(NS(=O)(=O)c4ccccc4)c3)ccc12. The number of aryl methyl sites for hydroxylation is 1. The van der Waals surface area contributed by atoms with Crippen molar-refractivity contribution in [2.24, 2.45) is 0 Å². The average Bonchev–Trinajstić information content (AvgIpc) is 3.20. The van der Waals surface area contributed by atoms with Crippen LogP contribution in [-0.4, -0.2) is 43.4 Å². The maximum atomic E-state index is 14.2. The third-order valence-electron chi connectivity index (χ3n) is 5.28. The summed E-state index contributed by atoms with van der Waals surface area (Å²) in [6.07, 6.45) is -0.968. The van der Waals surface area contributed by atoms with Crippen LogP contribution in [0.5, 0.6) is 5.75 Å². The maximum absolute atomic E-state index is 14.2. The topological polar surface area (TPSA) is 116 Å². The van der Waals surface area contributed by atoms with E-state index < -0.39 is 21.9 Å². The fraction of sp³-hybridized carbons (Fsp3) is 0.208. The van der Waals surface area contributed by atoms with E-state index in [1.54, 1.807) is 18.2 Å². The van der Waals surface area contributed by atoms with E-state index >= 15 is 0 Å². The molecule has 1 heterocycles. The number of nitrogens with zero attached hydrogens (tertiary/aromatic N) is 1. The Morgan fingerprint density at radius 1 is 1.12 bits per heavy atom. The van der Waals surface area contributed by atoms with Gasteiger partial charge in [0.05, 0.1) is 27.9 Å². The molecule has 1 aromatic heterocycles. The number of anilines is 1. The van der Waals surface area contributed by atoms with Crippen molar-refractivity contribution in [1.82, 2.24) is 15.5 Å². The Bertz CT molecular complexity index is 1380. The molecule has 1 unspecified atom stereocenters. The van der Waals surface area contributed by atoms with Crippen molar-refractivity contribution >= 4 is 26.6 Å². The molecule has 0 saturated heterocycles. The van der Waals surface area contributed by atoms with E-state index in [2.05, 4.69) is 20.2 Å². The Morgan fingerprint density at radius 3 is 2.71 bits per heavy atom. The molecule has 0 bridgehead atoms. The van der Waals surface area contributed by atoms with E-state index in [0.29, 0.717) is 24.5 Å². The second-order valence-electron chi connectivity index (χ2n) is 7.74. The summed E-state index contributed by atoms with van der Waals surface area (Å²) in [5.41, 5.74) is 1.97. The van der Waals surface area contributed by atoms with Crippen LogP contribution in [0.3, 0.4) is 0 Å². The minimum atomic E-state index is -3.95. The summed E-state index contributed by atoms with van der Waals surface area (Å²) >= 11 is 0. The third-order valence-corrected chi connectivity index (χ3v) is 6.66. The molecule has 4 rings (SSSR count). The van der Waals surface area contributed by atoms with Crippen molar-refractivity contribution in [2.75, 3.05) is 24.4 Å². The molecule has 0 saturated carbocycles. The molecular formula is C24H25FN4O4S. The molecule has 0 aliphatic heterocycles. The van der Waals surface area contributed by atoms with Gasteiger partial charge in [-0.05, 0) is 48.9 Å². The zero-order valence-electron chi connectivity index (χ0n) is 18.5. The number of hydrogen-bond donors (Lipinski definition) is 4. The first kappa shape index (κ1) is 23.7. The first-order chi connectivity index (χ1) is 16.3. The molecule has 178 valence electrons. The third kappa shape index (κ3) is 5.53. The van der Waals surface area contributed by atoms with Gasteiger partial charge in [0.25, 0.3) is 10.0 Å². The number of H-pyrrole nitrogens is 1. The molecule has 0 amide bonds. The number of fused-ring (bicyclic) bond motifs is 1. The van der Waals surface area contributed by atoms with Crippen molar-refractivity contribution in [3.05, 3.63) is 83.8 Å². The molecule has 0 aliphatic rings. The van der Waals surface area contributed by atoms with Gasteiger partial charge in [0.15, 0.2) is 0 Å². The molecule has 0 aliphatic carbocycles. The van der Waals surface area contributed by atoms with Crippen LogP contribution in [-0.2, 0) is 10.0 Å². The molecule has 3 aromatic carbocycles. The van der Waals surface area contributed by atoms with E-state index in [-0.39, 0.29) is 17.1 Å². The predicted octanol–water partition coefficient (Wildman–Crippen LogP) is 3.51. The van der Waals surface area contributed by atoms with Gasteiger partial charge in [-0.15, -0.1) is 0 Å². The maximum Gasteiger partial charge on any atom is 0.261 e. The average molecular weight is 485 g/mol. The smallest absolute Gasteiger partial charge is 0.261 e. The highest BCUT2D eigenvalue weighted by Gasteiger charge is 2.18. The monoisotopic (exact) mass is 484 g/mol. The van der Waals surface area contributed by atoms with Gasteiger partial charge in [-0.2, -0.15) is 5.10 Å². The number of aliphatic hydroxyl groups is 1. The second kappa shape index (κ2) is 10.2. The number of aliphatic hydroxyl groups excluding tert-OH is 1. The van der Waals surface area contributed by atoms with Gasteiger partial charge < -0.3 is 15.2 Å². The molecule has 10 heteroatoms. The number of sulfonamides is 1. The normalized spacial score (nSPS) is 12.6. The van der Waals surface area contributed by atoms with Crippen LogP contribution in [0, 0.1) is 12.7 Å². The van der Waals surface area contributed by atoms with Crippen LogP contribution in [0.4, 0.5) is 10.1 Å². The van der Waals surface area contributed by atoms with Crippen LogP contribution in [0.1, 0.15) is 17.4 Å². The summed E-state index contributed by atoms with van der Waals surface area (Å²) in [6, 6.07) is 17.2. The number of rotatable bonds is 10. The first-order valence-electron chi connectivity index (χ1n) is 10.7. The van der Waals surface area contributed by atoms with E-state index in [1.807, 2.05) is 25.1 Å². The molecule has 4 aromatic rings. The van der Waals surface area contributed by atoms with Crippen molar-refractivity contribution in [3.8, 4) is 5.75 Å². The number of hydrogen-bond acceptors (Lipinski definition) is 6. The minimum Gasteiger partial charge on any atom is -0.492 e. The van der Waals surface area contributed by atoms with Gasteiger partial charge in [0.2, 0.25) is 0 Å². The molecule has 1 atom stereocenters. The molecule has 34 heavy (non-hydrogen) atoms. The highest BCUT2D eigenvalue weighted by molar-refractivity contribution is 7.92. The molecule has 0 radical (unpaired) electrons.